The number of rotatable bonds is 4. The molecule has 0 aliphatic carbocycles. The maximum absolute atomic E-state index is 14.9. The number of urea groups is 1. The minimum Gasteiger partial charge on any atom is -0.326 e. The quantitative estimate of drug-likeness (QED) is 0.543. The zero-order chi connectivity index (χ0) is 22.7. The number of hydrogen-bond donors (Lipinski definition) is 2. The van der Waals surface area contributed by atoms with Crippen LogP contribution < -0.4 is 15.5 Å². The van der Waals surface area contributed by atoms with Gasteiger partial charge in [0.15, 0.2) is 0 Å². The molecular weight excluding hydrogens is 438 g/mol. The van der Waals surface area contributed by atoms with Gasteiger partial charge in [-0.05, 0) is 66.9 Å². The van der Waals surface area contributed by atoms with Gasteiger partial charge in [0.2, 0.25) is 11.9 Å². The number of piperidine rings is 1. The van der Waals surface area contributed by atoms with Crippen LogP contribution in [0.5, 0.6) is 0 Å². The Balaban J connectivity index is 1.47. The van der Waals surface area contributed by atoms with E-state index in [9.17, 15) is 18.4 Å². The van der Waals surface area contributed by atoms with Gasteiger partial charge >= 0.3 is 6.03 Å². The molecule has 0 spiro atoms. The molecule has 164 valence electrons. The summed E-state index contributed by atoms with van der Waals surface area (Å²) in [6.07, 6.45) is 2.33. The van der Waals surface area contributed by atoms with Crippen LogP contribution in [0.4, 0.5) is 25.0 Å². The third-order valence-corrected chi connectivity index (χ3v) is 5.41. The summed E-state index contributed by atoms with van der Waals surface area (Å²) in [6, 6.07) is 12.4. The van der Waals surface area contributed by atoms with Gasteiger partial charge in [-0.2, -0.15) is 4.39 Å². The Morgan fingerprint density at radius 3 is 2.62 bits per heavy atom. The van der Waals surface area contributed by atoms with Gasteiger partial charge in [-0.3, -0.25) is 4.79 Å². The van der Waals surface area contributed by atoms with Gasteiger partial charge in [-0.1, -0.05) is 17.7 Å². The first-order valence-corrected chi connectivity index (χ1v) is 10.3. The Morgan fingerprint density at radius 2 is 1.91 bits per heavy atom. The van der Waals surface area contributed by atoms with Crippen LogP contribution in [-0.4, -0.2) is 29.5 Å². The normalized spacial score (nSPS) is 16.0. The molecule has 1 aliphatic heterocycles. The van der Waals surface area contributed by atoms with E-state index in [1.165, 1.54) is 35.4 Å². The molecule has 3 aromatic rings. The zero-order valence-corrected chi connectivity index (χ0v) is 17.6. The molecule has 9 heteroatoms. The minimum atomic E-state index is -0.800. The van der Waals surface area contributed by atoms with E-state index >= 15 is 0 Å². The first kappa shape index (κ1) is 21.7. The van der Waals surface area contributed by atoms with Crippen LogP contribution in [0.1, 0.15) is 12.8 Å². The number of anilines is 2. The summed E-state index contributed by atoms with van der Waals surface area (Å²) in [7, 11) is 0. The molecule has 2 aromatic carbocycles. The number of benzene rings is 2. The minimum absolute atomic E-state index is 0.0765. The molecule has 0 radical (unpaired) electrons. The molecule has 2 N–H and O–H groups in total. The van der Waals surface area contributed by atoms with Gasteiger partial charge in [-0.15, -0.1) is 0 Å². The van der Waals surface area contributed by atoms with E-state index in [1.54, 1.807) is 30.3 Å². The Hall–Kier alpha value is -3.52. The highest BCUT2D eigenvalue weighted by atomic mass is 35.5. The molecular formula is C23H19ClF2N4O2. The molecule has 0 unspecified atom stereocenters. The fourth-order valence-electron chi connectivity index (χ4n) is 3.60. The smallest absolute Gasteiger partial charge is 0.319 e. The van der Waals surface area contributed by atoms with Crippen LogP contribution in [0.2, 0.25) is 5.02 Å². The van der Waals surface area contributed by atoms with Gasteiger partial charge in [0.05, 0.1) is 5.69 Å². The van der Waals surface area contributed by atoms with Crippen LogP contribution in [0.15, 0.2) is 60.8 Å². The number of carbonyl (C=O) groups excluding carboxylic acids is 2. The van der Waals surface area contributed by atoms with Gasteiger partial charge in [0, 0.05) is 29.0 Å². The van der Waals surface area contributed by atoms with E-state index in [0.717, 1.165) is 0 Å². The maximum atomic E-state index is 14.9. The van der Waals surface area contributed by atoms with Crippen molar-refractivity contribution in [2.24, 2.45) is 0 Å². The molecule has 1 atom stereocenters. The fourth-order valence-corrected chi connectivity index (χ4v) is 3.73. The van der Waals surface area contributed by atoms with E-state index in [4.69, 9.17) is 11.6 Å². The maximum Gasteiger partial charge on any atom is 0.319 e. The van der Waals surface area contributed by atoms with Crippen molar-refractivity contribution in [3.63, 3.8) is 0 Å². The van der Waals surface area contributed by atoms with Gasteiger partial charge < -0.3 is 15.5 Å². The number of nitrogens with zero attached hydrogens (tertiary/aromatic N) is 2. The number of nitrogens with one attached hydrogen (secondary N) is 2. The van der Waals surface area contributed by atoms with Crippen LogP contribution in [0, 0.1) is 11.8 Å². The van der Waals surface area contributed by atoms with E-state index in [-0.39, 0.29) is 11.3 Å². The lowest BCUT2D eigenvalue weighted by Gasteiger charge is -2.33. The van der Waals surface area contributed by atoms with E-state index < -0.39 is 29.7 Å². The third-order valence-electron chi connectivity index (χ3n) is 5.15. The van der Waals surface area contributed by atoms with E-state index in [2.05, 4.69) is 15.6 Å². The largest absolute Gasteiger partial charge is 0.326 e. The Bertz CT molecular complexity index is 1160. The molecule has 0 bridgehead atoms. The number of pyridine rings is 1. The van der Waals surface area contributed by atoms with E-state index in [1.807, 2.05) is 0 Å². The summed E-state index contributed by atoms with van der Waals surface area (Å²) in [6.45, 7) is 0.313. The molecule has 1 saturated heterocycles. The second-order valence-corrected chi connectivity index (χ2v) is 7.73. The summed E-state index contributed by atoms with van der Waals surface area (Å²) in [4.78, 5) is 30.1. The Labute approximate surface area is 188 Å². The predicted molar refractivity (Wildman–Crippen MR) is 119 cm³/mol. The van der Waals surface area contributed by atoms with Gasteiger partial charge in [-0.25, -0.2) is 14.2 Å². The van der Waals surface area contributed by atoms with Crippen LogP contribution in [-0.2, 0) is 4.79 Å². The van der Waals surface area contributed by atoms with Crippen molar-refractivity contribution >= 4 is 34.9 Å². The average Bonchev–Trinajstić information content (AvgIpc) is 2.77. The second kappa shape index (κ2) is 9.32. The number of aromatic nitrogens is 1. The fraction of sp³-hybridized carbons (Fsp3) is 0.174. The van der Waals surface area contributed by atoms with Crippen molar-refractivity contribution in [2.45, 2.75) is 18.9 Å². The number of halogens is 3. The summed E-state index contributed by atoms with van der Waals surface area (Å²) < 4.78 is 28.8. The van der Waals surface area contributed by atoms with Crippen molar-refractivity contribution in [3.05, 3.63) is 77.6 Å². The van der Waals surface area contributed by atoms with Gasteiger partial charge in [0.25, 0.3) is 0 Å². The molecule has 6 nitrogen and oxygen atoms in total. The molecule has 2 heterocycles. The van der Waals surface area contributed by atoms with E-state index in [0.29, 0.717) is 35.7 Å². The standard InChI is InChI=1S/C23H19ClF2N4O2/c24-15-6-8-16(9-7-15)28-23(32)29-19-4-2-12-30(22(19)31)20-10-5-14(13-18(20)25)17-3-1-11-27-21(17)26/h1,3,5-11,13,19H,2,4,12H2,(H2,28,29,32)/t19-/m1/s1. The van der Waals surface area contributed by atoms with Crippen molar-refractivity contribution < 1.29 is 18.4 Å². The highest BCUT2D eigenvalue weighted by molar-refractivity contribution is 6.30. The molecule has 3 amide bonds. The molecule has 1 aromatic heterocycles. The lowest BCUT2D eigenvalue weighted by atomic mass is 10.0. The topological polar surface area (TPSA) is 74.3 Å². The van der Waals surface area contributed by atoms with Crippen LogP contribution in [0.25, 0.3) is 11.1 Å². The third kappa shape index (κ3) is 4.70. The summed E-state index contributed by atoms with van der Waals surface area (Å²) in [5, 5.41) is 5.82. The highest BCUT2D eigenvalue weighted by Crippen LogP contribution is 2.29. The SMILES string of the molecule is O=C(Nc1ccc(Cl)cc1)N[C@@H]1CCCN(c2ccc(-c3cccnc3F)cc2F)C1=O. The number of amides is 3. The highest BCUT2D eigenvalue weighted by Gasteiger charge is 2.32. The zero-order valence-electron chi connectivity index (χ0n) is 16.8. The lowest BCUT2D eigenvalue weighted by Crippen LogP contribution is -2.53. The molecule has 1 fully saturated rings. The number of hydrogen-bond acceptors (Lipinski definition) is 3. The van der Waals surface area contributed by atoms with Crippen molar-refractivity contribution in [2.75, 3.05) is 16.8 Å². The summed E-state index contributed by atoms with van der Waals surface area (Å²) in [5.74, 6) is -1.78. The molecule has 32 heavy (non-hydrogen) atoms. The monoisotopic (exact) mass is 456 g/mol. The average molecular weight is 457 g/mol. The van der Waals surface area contributed by atoms with Crippen LogP contribution in [0.3, 0.4) is 0 Å². The summed E-state index contributed by atoms with van der Waals surface area (Å²) in [5.41, 5.74) is 1.09. The lowest BCUT2D eigenvalue weighted by molar-refractivity contribution is -0.121. The number of carbonyl (C=O) groups is 2. The van der Waals surface area contributed by atoms with Crippen molar-refractivity contribution in [3.8, 4) is 11.1 Å². The van der Waals surface area contributed by atoms with Crippen LogP contribution >= 0.6 is 11.6 Å². The molecule has 0 saturated carbocycles. The molecule has 1 aliphatic rings. The van der Waals surface area contributed by atoms with Crippen molar-refractivity contribution in [1.82, 2.24) is 10.3 Å². The first-order chi connectivity index (χ1) is 15.4. The summed E-state index contributed by atoms with van der Waals surface area (Å²) >= 11 is 5.83. The van der Waals surface area contributed by atoms with Crippen molar-refractivity contribution in [1.29, 1.82) is 0 Å². The predicted octanol–water partition coefficient (Wildman–Crippen LogP) is 5.00. The Morgan fingerprint density at radius 1 is 1.12 bits per heavy atom. The first-order valence-electron chi connectivity index (χ1n) is 9.97. The molecule has 4 rings (SSSR count). The second-order valence-electron chi connectivity index (χ2n) is 7.30. The van der Waals surface area contributed by atoms with Gasteiger partial charge in [0.1, 0.15) is 11.9 Å². The Kier molecular flexibility index (Phi) is 6.32.